The van der Waals surface area contributed by atoms with Crippen LogP contribution < -0.4 is 0 Å². The quantitative estimate of drug-likeness (QED) is 0.628. The second kappa shape index (κ2) is 4.98. The van der Waals surface area contributed by atoms with Crippen LogP contribution in [0.15, 0.2) is 54.6 Å². The molecule has 0 saturated carbocycles. The first-order valence-electron chi connectivity index (χ1n) is 6.34. The highest BCUT2D eigenvalue weighted by atomic mass is 32.1. The monoisotopic (exact) mass is 265 g/mol. The first-order valence-corrected chi connectivity index (χ1v) is 7.15. The van der Waals surface area contributed by atoms with Crippen LogP contribution in [0.1, 0.15) is 10.4 Å². The van der Waals surface area contributed by atoms with Crippen molar-refractivity contribution in [3.05, 3.63) is 65.0 Å². The molecule has 0 aliphatic heterocycles. The lowest BCUT2D eigenvalue weighted by molar-refractivity contribution is 1.36. The van der Waals surface area contributed by atoms with Gasteiger partial charge in [-0.05, 0) is 13.8 Å². The molecule has 0 bridgehead atoms. The topological polar surface area (TPSA) is 12.9 Å². The van der Waals surface area contributed by atoms with E-state index >= 15 is 0 Å². The average Bonchev–Trinajstić information content (AvgIpc) is 2.83. The van der Waals surface area contributed by atoms with Gasteiger partial charge in [-0.2, -0.15) is 0 Å². The maximum absolute atomic E-state index is 4.80. The van der Waals surface area contributed by atoms with Gasteiger partial charge in [0.25, 0.3) is 0 Å². The zero-order valence-electron chi connectivity index (χ0n) is 11.1. The molecule has 19 heavy (non-hydrogen) atoms. The summed E-state index contributed by atoms with van der Waals surface area (Å²) >= 11 is 1.76. The SMILES string of the molecule is Cc1ccc(-c2nc(-c3ccccc3)sc2C)cc1. The van der Waals surface area contributed by atoms with Crippen LogP contribution >= 0.6 is 11.3 Å². The van der Waals surface area contributed by atoms with Crippen LogP contribution in [-0.4, -0.2) is 4.98 Å². The molecule has 0 N–H and O–H groups in total. The maximum atomic E-state index is 4.80. The third kappa shape index (κ3) is 2.45. The van der Waals surface area contributed by atoms with Crippen LogP contribution in [0, 0.1) is 13.8 Å². The molecule has 94 valence electrons. The van der Waals surface area contributed by atoms with E-state index in [1.54, 1.807) is 11.3 Å². The molecule has 2 heteroatoms. The van der Waals surface area contributed by atoms with E-state index in [9.17, 15) is 0 Å². The van der Waals surface area contributed by atoms with Gasteiger partial charge < -0.3 is 0 Å². The minimum Gasteiger partial charge on any atom is -0.236 e. The van der Waals surface area contributed by atoms with Crippen molar-refractivity contribution in [3.8, 4) is 21.8 Å². The molecular weight excluding hydrogens is 250 g/mol. The summed E-state index contributed by atoms with van der Waals surface area (Å²) < 4.78 is 0. The second-order valence-corrected chi connectivity index (χ2v) is 5.86. The largest absolute Gasteiger partial charge is 0.236 e. The van der Waals surface area contributed by atoms with E-state index in [0.29, 0.717) is 0 Å². The Labute approximate surface area is 117 Å². The standard InChI is InChI=1S/C17H15NS/c1-12-8-10-14(11-9-12)16-13(2)19-17(18-16)15-6-4-3-5-7-15/h3-11H,1-2H3. The number of rotatable bonds is 2. The lowest BCUT2D eigenvalue weighted by Crippen LogP contribution is -1.81. The van der Waals surface area contributed by atoms with Crippen LogP contribution in [0.25, 0.3) is 21.8 Å². The molecule has 0 aliphatic carbocycles. The van der Waals surface area contributed by atoms with Gasteiger partial charge in [0.2, 0.25) is 0 Å². The van der Waals surface area contributed by atoms with E-state index in [1.165, 1.54) is 21.6 Å². The van der Waals surface area contributed by atoms with Gasteiger partial charge in [0.1, 0.15) is 5.01 Å². The molecule has 1 nitrogen and oxygen atoms in total. The van der Waals surface area contributed by atoms with Crippen LogP contribution in [0.3, 0.4) is 0 Å². The number of aryl methyl sites for hydroxylation is 2. The third-order valence-corrected chi connectivity index (χ3v) is 4.16. The summed E-state index contributed by atoms with van der Waals surface area (Å²) in [5.74, 6) is 0. The molecule has 0 unspecified atom stereocenters. The Morgan fingerprint density at radius 1 is 0.789 bits per heavy atom. The van der Waals surface area contributed by atoms with E-state index in [-0.39, 0.29) is 0 Å². The van der Waals surface area contributed by atoms with Crippen molar-refractivity contribution in [2.75, 3.05) is 0 Å². The predicted molar refractivity (Wildman–Crippen MR) is 82.5 cm³/mol. The number of hydrogen-bond donors (Lipinski definition) is 0. The summed E-state index contributed by atoms with van der Waals surface area (Å²) in [7, 11) is 0. The molecule has 0 saturated heterocycles. The third-order valence-electron chi connectivity index (χ3n) is 3.14. The summed E-state index contributed by atoms with van der Waals surface area (Å²) in [6.07, 6.45) is 0. The van der Waals surface area contributed by atoms with E-state index in [4.69, 9.17) is 4.98 Å². The van der Waals surface area contributed by atoms with Crippen molar-refractivity contribution < 1.29 is 0 Å². The average molecular weight is 265 g/mol. The highest BCUT2D eigenvalue weighted by molar-refractivity contribution is 7.15. The van der Waals surface area contributed by atoms with Gasteiger partial charge in [0.05, 0.1) is 5.69 Å². The Morgan fingerprint density at radius 2 is 1.47 bits per heavy atom. The van der Waals surface area contributed by atoms with Crippen molar-refractivity contribution in [2.45, 2.75) is 13.8 Å². The molecule has 0 radical (unpaired) electrons. The van der Waals surface area contributed by atoms with E-state index < -0.39 is 0 Å². The molecule has 2 aromatic carbocycles. The minimum atomic E-state index is 1.09. The fourth-order valence-electron chi connectivity index (χ4n) is 2.08. The summed E-state index contributed by atoms with van der Waals surface area (Å²) in [6, 6.07) is 18.9. The van der Waals surface area contributed by atoms with Crippen LogP contribution in [0.5, 0.6) is 0 Å². The highest BCUT2D eigenvalue weighted by Crippen LogP contribution is 2.33. The van der Waals surface area contributed by atoms with Crippen LogP contribution in [0.4, 0.5) is 0 Å². The van der Waals surface area contributed by atoms with Gasteiger partial charge in [-0.15, -0.1) is 11.3 Å². The van der Waals surface area contributed by atoms with Gasteiger partial charge in [0, 0.05) is 16.0 Å². The zero-order valence-corrected chi connectivity index (χ0v) is 11.9. The smallest absolute Gasteiger partial charge is 0.124 e. The van der Waals surface area contributed by atoms with Crippen molar-refractivity contribution >= 4 is 11.3 Å². The fourth-order valence-corrected chi connectivity index (χ4v) is 3.02. The maximum Gasteiger partial charge on any atom is 0.124 e. The Balaban J connectivity index is 2.05. The first-order chi connectivity index (χ1) is 9.24. The Morgan fingerprint density at radius 3 is 2.16 bits per heavy atom. The molecule has 1 heterocycles. The van der Waals surface area contributed by atoms with Gasteiger partial charge in [-0.1, -0.05) is 60.2 Å². The molecule has 0 fully saturated rings. The molecule has 0 spiro atoms. The summed E-state index contributed by atoms with van der Waals surface area (Å²) in [4.78, 5) is 6.06. The number of benzene rings is 2. The second-order valence-electron chi connectivity index (χ2n) is 4.66. The molecule has 3 rings (SSSR count). The molecule has 0 atom stereocenters. The summed E-state index contributed by atoms with van der Waals surface area (Å²) in [5.41, 5.74) is 4.76. The van der Waals surface area contributed by atoms with Crippen molar-refractivity contribution in [1.82, 2.24) is 4.98 Å². The van der Waals surface area contributed by atoms with Gasteiger partial charge in [-0.25, -0.2) is 4.98 Å². The highest BCUT2D eigenvalue weighted by Gasteiger charge is 2.10. The summed E-state index contributed by atoms with van der Waals surface area (Å²) in [5, 5.41) is 1.09. The molecular formula is C17H15NS. The molecule has 0 aliphatic rings. The number of nitrogens with zero attached hydrogens (tertiary/aromatic N) is 1. The van der Waals surface area contributed by atoms with Crippen molar-refractivity contribution in [1.29, 1.82) is 0 Å². The Bertz CT molecular complexity index is 681. The predicted octanol–water partition coefficient (Wildman–Crippen LogP) is 5.09. The van der Waals surface area contributed by atoms with Crippen LogP contribution in [0.2, 0.25) is 0 Å². The minimum absolute atomic E-state index is 1.09. The van der Waals surface area contributed by atoms with E-state index in [0.717, 1.165) is 10.7 Å². The first kappa shape index (κ1) is 12.1. The Hall–Kier alpha value is -1.93. The normalized spacial score (nSPS) is 10.6. The lowest BCUT2D eigenvalue weighted by Gasteiger charge is -1.99. The molecule has 1 aromatic heterocycles. The van der Waals surface area contributed by atoms with E-state index in [2.05, 4.69) is 62.4 Å². The number of thiazole rings is 1. The molecule has 3 aromatic rings. The number of hydrogen-bond acceptors (Lipinski definition) is 2. The zero-order chi connectivity index (χ0) is 13.2. The molecule has 0 amide bonds. The van der Waals surface area contributed by atoms with Crippen molar-refractivity contribution in [2.24, 2.45) is 0 Å². The lowest BCUT2D eigenvalue weighted by atomic mass is 10.1. The fraction of sp³-hybridized carbons (Fsp3) is 0.118. The Kier molecular flexibility index (Phi) is 3.18. The van der Waals surface area contributed by atoms with Crippen molar-refractivity contribution in [3.63, 3.8) is 0 Å². The van der Waals surface area contributed by atoms with Gasteiger partial charge in [0.15, 0.2) is 0 Å². The van der Waals surface area contributed by atoms with Gasteiger partial charge in [-0.3, -0.25) is 0 Å². The van der Waals surface area contributed by atoms with Gasteiger partial charge >= 0.3 is 0 Å². The summed E-state index contributed by atoms with van der Waals surface area (Å²) in [6.45, 7) is 4.24. The van der Waals surface area contributed by atoms with Crippen LogP contribution in [-0.2, 0) is 0 Å². The number of aromatic nitrogens is 1. The van der Waals surface area contributed by atoms with E-state index in [1.807, 2.05) is 6.07 Å².